The standard InChI is InChI=1S/C22H23N3O4/c1-13-8-14(2)10-16(9-13)21(27)25-7-3-4-15(12-25)20(26)23-17-5-6-19-18(11-17)24-22(28)29-19/h5-6,8-11,15H,3-4,7,12H2,1-2H3,(H,23,26)(H,24,28)/t15-/m0/s1. The maximum atomic E-state index is 12.9. The third kappa shape index (κ3) is 4.08. The second kappa shape index (κ2) is 7.58. The lowest BCUT2D eigenvalue weighted by molar-refractivity contribution is -0.121. The van der Waals surface area contributed by atoms with Crippen molar-refractivity contribution >= 4 is 28.6 Å². The molecule has 3 aromatic rings. The number of likely N-dealkylation sites (tertiary alicyclic amines) is 1. The summed E-state index contributed by atoms with van der Waals surface area (Å²) in [6.07, 6.45) is 1.51. The molecule has 1 saturated heterocycles. The molecule has 0 bridgehead atoms. The average molecular weight is 393 g/mol. The molecule has 0 saturated carbocycles. The molecule has 0 radical (unpaired) electrons. The van der Waals surface area contributed by atoms with Crippen LogP contribution in [-0.2, 0) is 4.79 Å². The number of aromatic amines is 1. The molecule has 2 aromatic carbocycles. The summed E-state index contributed by atoms with van der Waals surface area (Å²) in [7, 11) is 0. The Kier molecular flexibility index (Phi) is 4.96. The number of aromatic nitrogens is 1. The van der Waals surface area contributed by atoms with Crippen molar-refractivity contribution in [2.24, 2.45) is 5.92 Å². The normalized spacial score (nSPS) is 16.8. The molecule has 1 aliphatic rings. The fourth-order valence-electron chi connectivity index (χ4n) is 3.93. The number of nitrogens with one attached hydrogen (secondary N) is 2. The highest BCUT2D eigenvalue weighted by molar-refractivity contribution is 5.97. The third-order valence-electron chi connectivity index (χ3n) is 5.23. The molecule has 2 heterocycles. The smallest absolute Gasteiger partial charge is 0.408 e. The number of oxazole rings is 1. The van der Waals surface area contributed by atoms with Gasteiger partial charge in [-0.15, -0.1) is 0 Å². The van der Waals surface area contributed by atoms with Gasteiger partial charge >= 0.3 is 5.76 Å². The predicted molar refractivity (Wildman–Crippen MR) is 110 cm³/mol. The van der Waals surface area contributed by atoms with Crippen LogP contribution >= 0.6 is 0 Å². The number of hydrogen-bond acceptors (Lipinski definition) is 4. The van der Waals surface area contributed by atoms with Gasteiger partial charge in [-0.3, -0.25) is 14.6 Å². The fraction of sp³-hybridized carbons (Fsp3) is 0.318. The van der Waals surface area contributed by atoms with Gasteiger partial charge in [0.05, 0.1) is 11.4 Å². The minimum atomic E-state index is -0.531. The lowest BCUT2D eigenvalue weighted by atomic mass is 9.96. The first-order valence-electron chi connectivity index (χ1n) is 9.70. The molecule has 1 aliphatic heterocycles. The molecule has 1 atom stereocenters. The topological polar surface area (TPSA) is 95.4 Å². The molecule has 1 aromatic heterocycles. The number of rotatable bonds is 3. The van der Waals surface area contributed by atoms with Crippen molar-refractivity contribution in [3.63, 3.8) is 0 Å². The summed E-state index contributed by atoms with van der Waals surface area (Å²) in [5.41, 5.74) is 4.31. The number of piperidine rings is 1. The number of benzene rings is 2. The van der Waals surface area contributed by atoms with Crippen LogP contribution in [0.2, 0.25) is 0 Å². The van der Waals surface area contributed by atoms with Crippen LogP contribution in [0.15, 0.2) is 45.6 Å². The van der Waals surface area contributed by atoms with E-state index in [0.717, 1.165) is 24.0 Å². The minimum Gasteiger partial charge on any atom is -0.408 e. The van der Waals surface area contributed by atoms with Crippen molar-refractivity contribution in [2.75, 3.05) is 18.4 Å². The summed E-state index contributed by atoms with van der Waals surface area (Å²) < 4.78 is 4.98. The van der Waals surface area contributed by atoms with Gasteiger partial charge in [0.2, 0.25) is 5.91 Å². The molecule has 150 valence electrons. The lowest BCUT2D eigenvalue weighted by Crippen LogP contribution is -2.43. The Bertz CT molecular complexity index is 1120. The highest BCUT2D eigenvalue weighted by atomic mass is 16.4. The zero-order chi connectivity index (χ0) is 20.5. The number of nitrogens with zero attached hydrogens (tertiary/aromatic N) is 1. The van der Waals surface area contributed by atoms with E-state index < -0.39 is 5.76 Å². The predicted octanol–water partition coefficient (Wildman–Crippen LogP) is 3.23. The van der Waals surface area contributed by atoms with E-state index in [2.05, 4.69) is 10.3 Å². The Morgan fingerprint density at radius 3 is 2.66 bits per heavy atom. The first-order valence-corrected chi connectivity index (χ1v) is 9.70. The molecule has 2 N–H and O–H groups in total. The summed E-state index contributed by atoms with van der Waals surface area (Å²) in [5.74, 6) is -0.978. The minimum absolute atomic E-state index is 0.0355. The van der Waals surface area contributed by atoms with Gasteiger partial charge in [-0.1, -0.05) is 17.2 Å². The van der Waals surface area contributed by atoms with E-state index >= 15 is 0 Å². The van der Waals surface area contributed by atoms with E-state index in [9.17, 15) is 14.4 Å². The van der Waals surface area contributed by atoms with Crippen LogP contribution in [0.1, 0.15) is 34.3 Å². The van der Waals surface area contributed by atoms with Gasteiger partial charge in [-0.2, -0.15) is 0 Å². The number of H-pyrrole nitrogens is 1. The number of carbonyl (C=O) groups is 2. The van der Waals surface area contributed by atoms with Crippen LogP contribution in [0.3, 0.4) is 0 Å². The molecular weight excluding hydrogens is 370 g/mol. The number of anilines is 1. The Hall–Kier alpha value is -3.35. The first-order chi connectivity index (χ1) is 13.9. The van der Waals surface area contributed by atoms with Crippen molar-refractivity contribution in [3.8, 4) is 0 Å². The fourth-order valence-corrected chi connectivity index (χ4v) is 3.93. The van der Waals surface area contributed by atoms with E-state index in [-0.39, 0.29) is 17.7 Å². The zero-order valence-electron chi connectivity index (χ0n) is 16.5. The molecule has 0 spiro atoms. The molecule has 0 aliphatic carbocycles. The van der Waals surface area contributed by atoms with E-state index in [1.807, 2.05) is 32.0 Å². The molecule has 0 unspecified atom stereocenters. The van der Waals surface area contributed by atoms with Crippen molar-refractivity contribution < 1.29 is 14.0 Å². The Balaban J connectivity index is 1.46. The summed E-state index contributed by atoms with van der Waals surface area (Å²) in [4.78, 5) is 41.3. The average Bonchev–Trinajstić information content (AvgIpc) is 3.06. The quantitative estimate of drug-likeness (QED) is 0.714. The maximum absolute atomic E-state index is 12.9. The summed E-state index contributed by atoms with van der Waals surface area (Å²) >= 11 is 0. The Morgan fingerprint density at radius 1 is 1.14 bits per heavy atom. The first kappa shape index (κ1) is 19.0. The second-order valence-electron chi connectivity index (χ2n) is 7.68. The number of amides is 2. The molecule has 29 heavy (non-hydrogen) atoms. The molecule has 2 amide bonds. The Labute approximate surface area is 167 Å². The molecular formula is C22H23N3O4. The van der Waals surface area contributed by atoms with Crippen LogP contribution in [0.25, 0.3) is 11.1 Å². The van der Waals surface area contributed by atoms with Crippen LogP contribution in [0.4, 0.5) is 5.69 Å². The third-order valence-corrected chi connectivity index (χ3v) is 5.23. The lowest BCUT2D eigenvalue weighted by Gasteiger charge is -2.32. The highest BCUT2D eigenvalue weighted by Crippen LogP contribution is 2.22. The Morgan fingerprint density at radius 2 is 1.90 bits per heavy atom. The molecule has 7 nitrogen and oxygen atoms in total. The van der Waals surface area contributed by atoms with Crippen LogP contribution in [0, 0.1) is 19.8 Å². The van der Waals surface area contributed by atoms with Gasteiger partial charge in [-0.05, 0) is 57.0 Å². The van der Waals surface area contributed by atoms with Gasteiger partial charge in [0.25, 0.3) is 5.91 Å². The van der Waals surface area contributed by atoms with Crippen LogP contribution in [0.5, 0.6) is 0 Å². The van der Waals surface area contributed by atoms with Gasteiger partial charge < -0.3 is 14.6 Å². The monoisotopic (exact) mass is 393 g/mol. The largest absolute Gasteiger partial charge is 0.417 e. The highest BCUT2D eigenvalue weighted by Gasteiger charge is 2.29. The number of hydrogen-bond donors (Lipinski definition) is 2. The van der Waals surface area contributed by atoms with E-state index in [0.29, 0.717) is 35.4 Å². The van der Waals surface area contributed by atoms with Crippen molar-refractivity contribution in [2.45, 2.75) is 26.7 Å². The van der Waals surface area contributed by atoms with Gasteiger partial charge in [0.15, 0.2) is 5.58 Å². The van der Waals surface area contributed by atoms with E-state index in [1.54, 1.807) is 23.1 Å². The van der Waals surface area contributed by atoms with Crippen molar-refractivity contribution in [3.05, 3.63) is 63.6 Å². The molecule has 7 heteroatoms. The van der Waals surface area contributed by atoms with Gasteiger partial charge in [0.1, 0.15) is 0 Å². The van der Waals surface area contributed by atoms with E-state index in [1.165, 1.54) is 0 Å². The van der Waals surface area contributed by atoms with Gasteiger partial charge in [0, 0.05) is 24.3 Å². The molecule has 4 rings (SSSR count). The zero-order valence-corrected chi connectivity index (χ0v) is 16.5. The molecule has 1 fully saturated rings. The van der Waals surface area contributed by atoms with E-state index in [4.69, 9.17) is 4.42 Å². The SMILES string of the molecule is Cc1cc(C)cc(C(=O)N2CCC[C@H](C(=O)Nc3ccc4oc(=O)[nH]c4c3)C2)c1. The van der Waals surface area contributed by atoms with Crippen LogP contribution < -0.4 is 11.1 Å². The van der Waals surface area contributed by atoms with Crippen LogP contribution in [-0.4, -0.2) is 34.8 Å². The second-order valence-corrected chi connectivity index (χ2v) is 7.68. The summed E-state index contributed by atoms with van der Waals surface area (Å²) in [5, 5.41) is 2.89. The number of fused-ring (bicyclic) bond motifs is 1. The van der Waals surface area contributed by atoms with Gasteiger partial charge in [-0.25, -0.2) is 4.79 Å². The van der Waals surface area contributed by atoms with Crippen molar-refractivity contribution in [1.29, 1.82) is 0 Å². The number of carbonyl (C=O) groups excluding carboxylic acids is 2. The maximum Gasteiger partial charge on any atom is 0.417 e. The van der Waals surface area contributed by atoms with Crippen molar-refractivity contribution in [1.82, 2.24) is 9.88 Å². The summed E-state index contributed by atoms with van der Waals surface area (Å²) in [6.45, 7) is 4.99. The summed E-state index contributed by atoms with van der Waals surface area (Å²) in [6, 6.07) is 10.8. The number of aryl methyl sites for hydroxylation is 2.